The van der Waals surface area contributed by atoms with Gasteiger partial charge < -0.3 is 0 Å². The van der Waals surface area contributed by atoms with Crippen LogP contribution in [0.4, 0.5) is 0 Å². The molecule has 4 heteroatoms. The van der Waals surface area contributed by atoms with Crippen molar-refractivity contribution in [3.63, 3.8) is 0 Å². The fourth-order valence-electron chi connectivity index (χ4n) is 1.12. The molecule has 0 aliphatic heterocycles. The first kappa shape index (κ1) is 9.64. The topological polar surface area (TPSA) is 43.1 Å². The Kier molecular flexibility index (Phi) is 2.51. The van der Waals surface area contributed by atoms with Crippen LogP contribution in [-0.2, 0) is 19.9 Å². The maximum Gasteiger partial charge on any atom is 0.116 e. The van der Waals surface area contributed by atoms with Crippen LogP contribution in [-0.4, -0.2) is 4.21 Å². The molecule has 1 aromatic carbocycles. The molecule has 0 spiro atoms. The Bertz CT molecular complexity index is 396. The van der Waals surface area contributed by atoms with Crippen molar-refractivity contribution in [2.75, 3.05) is 0 Å². The van der Waals surface area contributed by atoms with Gasteiger partial charge in [0, 0.05) is 11.2 Å². The van der Waals surface area contributed by atoms with Crippen LogP contribution in [0.1, 0.15) is 11.1 Å². The first-order valence-electron chi connectivity index (χ1n) is 3.51. The van der Waals surface area contributed by atoms with Crippen LogP contribution < -0.4 is 5.14 Å². The van der Waals surface area contributed by atoms with Crippen molar-refractivity contribution >= 4 is 19.9 Å². The molecule has 0 aromatic heterocycles. The Labute approximate surface area is 77.6 Å². The van der Waals surface area contributed by atoms with E-state index in [0.717, 1.165) is 11.1 Å². The second kappa shape index (κ2) is 3.12. The molecule has 0 aliphatic rings. The molecular weight excluding hydrogens is 190 g/mol. The van der Waals surface area contributed by atoms with Crippen molar-refractivity contribution in [1.82, 2.24) is 0 Å². The van der Waals surface area contributed by atoms with Gasteiger partial charge in [-0.2, -0.15) is 0 Å². The predicted molar refractivity (Wildman–Crippen MR) is 53.9 cm³/mol. The van der Waals surface area contributed by atoms with Gasteiger partial charge in [0.15, 0.2) is 0 Å². The third-order valence-corrected chi connectivity index (χ3v) is 3.25. The molecule has 2 nitrogen and oxygen atoms in total. The van der Waals surface area contributed by atoms with Gasteiger partial charge in [0.05, 0.1) is 4.90 Å². The summed E-state index contributed by atoms with van der Waals surface area (Å²) in [6.45, 7) is 3.83. The summed E-state index contributed by atoms with van der Waals surface area (Å²) >= 11 is 4.69. The molecule has 0 saturated heterocycles. The minimum atomic E-state index is -2.72. The minimum absolute atomic E-state index is 0.572. The summed E-state index contributed by atoms with van der Waals surface area (Å²) in [5.74, 6) is 0. The molecule has 66 valence electrons. The van der Waals surface area contributed by atoms with Crippen molar-refractivity contribution in [3.05, 3.63) is 29.3 Å². The highest BCUT2D eigenvalue weighted by molar-refractivity contribution is 8.31. The van der Waals surface area contributed by atoms with Gasteiger partial charge in [-0.1, -0.05) is 17.7 Å². The molecule has 0 heterocycles. The van der Waals surface area contributed by atoms with Crippen molar-refractivity contribution in [2.24, 2.45) is 5.14 Å². The summed E-state index contributed by atoms with van der Waals surface area (Å²) in [4.78, 5) is 0.572. The van der Waals surface area contributed by atoms with Gasteiger partial charge >= 0.3 is 0 Å². The number of hydrogen-bond donors (Lipinski definition) is 1. The monoisotopic (exact) mass is 201 g/mol. The van der Waals surface area contributed by atoms with Gasteiger partial charge in [-0.3, -0.25) is 0 Å². The van der Waals surface area contributed by atoms with E-state index in [1.807, 2.05) is 26.0 Å². The molecule has 12 heavy (non-hydrogen) atoms. The van der Waals surface area contributed by atoms with E-state index in [1.54, 1.807) is 6.07 Å². The van der Waals surface area contributed by atoms with E-state index in [0.29, 0.717) is 4.90 Å². The number of benzene rings is 1. The number of nitrogens with two attached hydrogens (primary N) is 1. The normalized spacial score (nSPS) is 15.6. The van der Waals surface area contributed by atoms with Crippen molar-refractivity contribution in [1.29, 1.82) is 0 Å². The first-order chi connectivity index (χ1) is 5.41. The summed E-state index contributed by atoms with van der Waals surface area (Å²) < 4.78 is 11.3. The Morgan fingerprint density at radius 3 is 2.42 bits per heavy atom. The van der Waals surface area contributed by atoms with E-state index >= 15 is 0 Å². The fourth-order valence-corrected chi connectivity index (χ4v) is 2.44. The highest BCUT2D eigenvalue weighted by Crippen LogP contribution is 2.14. The lowest BCUT2D eigenvalue weighted by atomic mass is 10.2. The quantitative estimate of drug-likeness (QED) is 0.744. The van der Waals surface area contributed by atoms with Crippen LogP contribution >= 0.6 is 0 Å². The minimum Gasteiger partial charge on any atom is -0.247 e. The zero-order valence-corrected chi connectivity index (χ0v) is 8.67. The zero-order chi connectivity index (χ0) is 9.35. The third-order valence-electron chi connectivity index (χ3n) is 1.64. The Balaban J connectivity index is 3.39. The lowest BCUT2D eigenvalue weighted by molar-refractivity contribution is 0.682. The van der Waals surface area contributed by atoms with E-state index in [-0.39, 0.29) is 0 Å². The maximum absolute atomic E-state index is 11.3. The van der Waals surface area contributed by atoms with Gasteiger partial charge in [0.25, 0.3) is 0 Å². The number of aryl methyl sites for hydroxylation is 2. The molecule has 0 saturated carbocycles. The second-order valence-electron chi connectivity index (χ2n) is 2.81. The molecule has 0 bridgehead atoms. The van der Waals surface area contributed by atoms with Gasteiger partial charge in [-0.25, -0.2) is 9.35 Å². The Morgan fingerprint density at radius 1 is 1.42 bits per heavy atom. The molecule has 2 N–H and O–H groups in total. The largest absolute Gasteiger partial charge is 0.247 e. The maximum atomic E-state index is 11.3. The molecule has 0 radical (unpaired) electrons. The summed E-state index contributed by atoms with van der Waals surface area (Å²) in [5, 5.41) is 5.35. The number of hydrogen-bond acceptors (Lipinski definition) is 2. The van der Waals surface area contributed by atoms with Gasteiger partial charge in [0.2, 0.25) is 0 Å². The van der Waals surface area contributed by atoms with Crippen LogP contribution in [0.5, 0.6) is 0 Å². The molecule has 1 aromatic rings. The van der Waals surface area contributed by atoms with Crippen LogP contribution in [0.2, 0.25) is 0 Å². The Hall–Kier alpha value is -0.450. The zero-order valence-electron chi connectivity index (χ0n) is 7.03. The fraction of sp³-hybridized carbons (Fsp3) is 0.250. The summed E-state index contributed by atoms with van der Waals surface area (Å²) in [6.07, 6.45) is 0. The smallest absolute Gasteiger partial charge is 0.116 e. The van der Waals surface area contributed by atoms with E-state index in [4.69, 9.17) is 5.14 Å². The molecule has 1 rings (SSSR count). The highest BCUT2D eigenvalue weighted by atomic mass is 32.8. The van der Waals surface area contributed by atoms with Crippen LogP contribution in [0.25, 0.3) is 0 Å². The SMILES string of the molecule is Cc1ccc(S(N)(=O)=S)c(C)c1. The van der Waals surface area contributed by atoms with Gasteiger partial charge in [-0.05, 0) is 25.5 Å². The average Bonchev–Trinajstić information content (AvgIpc) is 1.83. The van der Waals surface area contributed by atoms with E-state index < -0.39 is 8.68 Å². The van der Waals surface area contributed by atoms with Crippen LogP contribution in [0, 0.1) is 13.8 Å². The van der Waals surface area contributed by atoms with E-state index in [2.05, 4.69) is 11.2 Å². The predicted octanol–water partition coefficient (Wildman–Crippen LogP) is 1.28. The molecule has 1 atom stereocenters. The lowest BCUT2D eigenvalue weighted by Crippen LogP contribution is -2.12. The third kappa shape index (κ3) is 2.03. The second-order valence-corrected chi connectivity index (χ2v) is 5.83. The molecule has 0 fully saturated rings. The van der Waals surface area contributed by atoms with E-state index in [9.17, 15) is 4.21 Å². The summed E-state index contributed by atoms with van der Waals surface area (Å²) in [5.41, 5.74) is 2.02. The summed E-state index contributed by atoms with van der Waals surface area (Å²) in [6, 6.07) is 5.52. The Morgan fingerprint density at radius 2 is 2.00 bits per heavy atom. The summed E-state index contributed by atoms with van der Waals surface area (Å²) in [7, 11) is -2.72. The van der Waals surface area contributed by atoms with Crippen molar-refractivity contribution in [2.45, 2.75) is 18.7 Å². The average molecular weight is 201 g/mol. The van der Waals surface area contributed by atoms with Crippen molar-refractivity contribution < 1.29 is 4.21 Å². The molecule has 1 unspecified atom stereocenters. The standard InChI is InChI=1S/C8H11NOS2/c1-6-3-4-8(7(2)5-6)12(9,10)11/h3-5H,1-2H3,(H2,9,10,11). The molecule has 0 amide bonds. The highest BCUT2D eigenvalue weighted by Gasteiger charge is 2.06. The molecule has 0 aliphatic carbocycles. The van der Waals surface area contributed by atoms with Crippen LogP contribution in [0.3, 0.4) is 0 Å². The first-order valence-corrected chi connectivity index (χ1v) is 6.06. The lowest BCUT2D eigenvalue weighted by Gasteiger charge is -2.05. The van der Waals surface area contributed by atoms with Gasteiger partial charge in [0.1, 0.15) is 8.68 Å². The molecular formula is C8H11NOS2. The number of rotatable bonds is 1. The van der Waals surface area contributed by atoms with Crippen molar-refractivity contribution in [3.8, 4) is 0 Å². The van der Waals surface area contributed by atoms with E-state index in [1.165, 1.54) is 0 Å². The van der Waals surface area contributed by atoms with Gasteiger partial charge in [-0.15, -0.1) is 0 Å². The van der Waals surface area contributed by atoms with Crippen LogP contribution in [0.15, 0.2) is 23.1 Å².